The van der Waals surface area contributed by atoms with Gasteiger partial charge in [0, 0.05) is 23.9 Å². The molecule has 0 saturated carbocycles. The summed E-state index contributed by atoms with van der Waals surface area (Å²) in [5.41, 5.74) is -3.01. The first-order valence-corrected chi connectivity index (χ1v) is 11.4. The fourth-order valence-electron chi connectivity index (χ4n) is 2.71. The molecule has 0 fully saturated rings. The fraction of sp³-hybridized carbons (Fsp3) is 0.368. The number of ether oxygens (including phenoxy) is 1. The molecule has 32 heavy (non-hydrogen) atoms. The maximum absolute atomic E-state index is 13.5. The van der Waals surface area contributed by atoms with Gasteiger partial charge in [-0.3, -0.25) is 14.7 Å². The lowest BCUT2D eigenvalue weighted by Gasteiger charge is -2.28. The van der Waals surface area contributed by atoms with Crippen LogP contribution in [0.2, 0.25) is 0 Å². The van der Waals surface area contributed by atoms with E-state index in [-0.39, 0.29) is 30.2 Å². The van der Waals surface area contributed by atoms with Crippen LogP contribution in [0.4, 0.5) is 24.5 Å². The Morgan fingerprint density at radius 2 is 1.78 bits per heavy atom. The molecule has 0 radical (unpaired) electrons. The molecule has 8 nitrogen and oxygen atoms in total. The summed E-state index contributed by atoms with van der Waals surface area (Å²) in [6, 6.07) is 10.3. The van der Waals surface area contributed by atoms with Gasteiger partial charge in [0.2, 0.25) is 0 Å². The van der Waals surface area contributed by atoms with Gasteiger partial charge in [0.15, 0.2) is 5.78 Å². The summed E-state index contributed by atoms with van der Waals surface area (Å²) < 4.78 is 68.5. The van der Waals surface area contributed by atoms with Crippen LogP contribution in [0.1, 0.15) is 25.2 Å². The molecule has 1 N–H and O–H groups in total. The second-order valence-corrected chi connectivity index (χ2v) is 8.76. The summed E-state index contributed by atoms with van der Waals surface area (Å²) in [4.78, 5) is 10.6. The van der Waals surface area contributed by atoms with Gasteiger partial charge in [0.25, 0.3) is 11.3 Å². The van der Waals surface area contributed by atoms with Crippen molar-refractivity contribution < 1.29 is 36.4 Å². The molecule has 2 rings (SSSR count). The second kappa shape index (κ2) is 11.0. The van der Waals surface area contributed by atoms with Crippen LogP contribution in [-0.4, -0.2) is 29.9 Å². The zero-order valence-electron chi connectivity index (χ0n) is 17.0. The molecule has 0 spiro atoms. The van der Waals surface area contributed by atoms with Crippen molar-refractivity contribution in [2.24, 2.45) is 0 Å². The molecule has 0 aromatic heterocycles. The minimum atomic E-state index is -4.29. The average Bonchev–Trinajstić information content (AvgIpc) is 2.72. The van der Waals surface area contributed by atoms with Crippen LogP contribution in [0.5, 0.6) is 5.75 Å². The molecule has 0 heterocycles. The zero-order valence-corrected chi connectivity index (χ0v) is 18.7. The Kier molecular flexibility index (Phi) is 8.91. The Hall–Kier alpha value is -2.33. The van der Waals surface area contributed by atoms with E-state index < -0.39 is 35.8 Å². The van der Waals surface area contributed by atoms with Gasteiger partial charge in [-0.2, -0.15) is 8.78 Å². The van der Waals surface area contributed by atoms with Gasteiger partial charge in [0.05, 0.1) is 18.1 Å². The highest BCUT2D eigenvalue weighted by atomic mass is 35.5. The predicted octanol–water partition coefficient (Wildman–Crippen LogP) is 6.48. The van der Waals surface area contributed by atoms with Crippen molar-refractivity contribution in [3.8, 4) is 5.75 Å². The summed E-state index contributed by atoms with van der Waals surface area (Å²) in [6.45, 7) is 3.19. The Labute approximate surface area is 187 Å². The Balaban J connectivity index is 2.48. The number of hydrogen-bond donors (Lipinski definition) is 1. The topological polar surface area (TPSA) is 99.9 Å². The van der Waals surface area contributed by atoms with E-state index in [0.717, 1.165) is 12.1 Å². The van der Waals surface area contributed by atoms with Gasteiger partial charge in [-0.1, -0.05) is 29.8 Å². The van der Waals surface area contributed by atoms with Crippen molar-refractivity contribution in [2.75, 3.05) is 18.5 Å². The van der Waals surface area contributed by atoms with Crippen LogP contribution < -0.4 is 10.1 Å². The number of nitro groups is 1. The van der Waals surface area contributed by atoms with E-state index >= 15 is 0 Å². The van der Waals surface area contributed by atoms with E-state index in [1.807, 2.05) is 0 Å². The molecule has 0 aliphatic rings. The molecule has 0 aliphatic carbocycles. The lowest BCUT2D eigenvalue weighted by atomic mass is 10.2. The maximum Gasteiger partial charge on any atom is 0.444 e. The van der Waals surface area contributed by atoms with Gasteiger partial charge in [-0.15, -0.1) is 0 Å². The monoisotopic (exact) mass is 496 g/mol. The van der Waals surface area contributed by atoms with Crippen molar-refractivity contribution in [2.45, 2.75) is 31.4 Å². The van der Waals surface area contributed by atoms with Crippen LogP contribution in [0.3, 0.4) is 0 Å². The fourth-order valence-corrected chi connectivity index (χ4v) is 4.68. The second-order valence-electron chi connectivity index (χ2n) is 6.27. The van der Waals surface area contributed by atoms with Gasteiger partial charge in [-0.05, 0) is 31.5 Å². The molecule has 2 aromatic carbocycles. The van der Waals surface area contributed by atoms with Crippen molar-refractivity contribution in [1.82, 2.24) is 0 Å². The highest BCUT2D eigenvalue weighted by Gasteiger charge is 2.42. The van der Waals surface area contributed by atoms with E-state index in [4.69, 9.17) is 20.6 Å². The van der Waals surface area contributed by atoms with Crippen molar-refractivity contribution in [3.05, 3.63) is 64.2 Å². The lowest BCUT2D eigenvalue weighted by Crippen LogP contribution is -2.32. The Bertz CT molecular complexity index is 972. The third kappa shape index (κ3) is 6.59. The number of nitro benzene ring substituents is 1. The van der Waals surface area contributed by atoms with Crippen LogP contribution >= 0.6 is 19.2 Å². The minimum absolute atomic E-state index is 0.00731. The largest absolute Gasteiger partial charge is 0.444 e. The standard InChI is InChI=1S/C19H21ClF3N2O6P/c1-3-29-32(28,30-4-2)17(13-7-5-9-15(11-13)25(26)27)24-14-8-6-10-16(12-14)31-19(22,23)18(20)21/h5-12,17-18,24H,3-4H2,1-2H3. The van der Waals surface area contributed by atoms with Gasteiger partial charge < -0.3 is 19.1 Å². The summed E-state index contributed by atoms with van der Waals surface area (Å²) in [6.07, 6.45) is -4.29. The first-order chi connectivity index (χ1) is 15.0. The molecular weight excluding hydrogens is 476 g/mol. The van der Waals surface area contributed by atoms with E-state index in [2.05, 4.69) is 10.1 Å². The number of anilines is 1. The quantitative estimate of drug-likeness (QED) is 0.155. The first kappa shape index (κ1) is 25.9. The van der Waals surface area contributed by atoms with E-state index in [1.54, 1.807) is 13.8 Å². The molecule has 0 bridgehead atoms. The average molecular weight is 497 g/mol. The molecule has 0 amide bonds. The van der Waals surface area contributed by atoms with Crippen LogP contribution in [-0.2, 0) is 13.6 Å². The van der Waals surface area contributed by atoms with E-state index in [0.29, 0.717) is 0 Å². The number of halogens is 4. The van der Waals surface area contributed by atoms with E-state index in [9.17, 15) is 27.9 Å². The molecule has 2 unspecified atom stereocenters. The van der Waals surface area contributed by atoms with Gasteiger partial charge >= 0.3 is 13.7 Å². The summed E-state index contributed by atoms with van der Waals surface area (Å²) >= 11 is 4.81. The number of benzene rings is 2. The smallest absolute Gasteiger partial charge is 0.429 e. The SMILES string of the molecule is CCOP(=O)(OCC)C(Nc1cccc(OC(F)(F)C(F)Cl)c1)c1cccc([N+](=O)[O-])c1. The molecule has 2 aromatic rings. The van der Waals surface area contributed by atoms with Crippen molar-refractivity contribution >= 4 is 30.6 Å². The van der Waals surface area contributed by atoms with Crippen molar-refractivity contribution in [3.63, 3.8) is 0 Å². The Morgan fingerprint density at radius 1 is 1.16 bits per heavy atom. The number of nitrogens with one attached hydrogen (secondary N) is 1. The highest BCUT2D eigenvalue weighted by Crippen LogP contribution is 2.61. The maximum atomic E-state index is 13.5. The highest BCUT2D eigenvalue weighted by molar-refractivity contribution is 7.54. The molecule has 2 atom stereocenters. The van der Waals surface area contributed by atoms with Crippen LogP contribution in [0.25, 0.3) is 0 Å². The number of nitrogens with zero attached hydrogens (tertiary/aromatic N) is 1. The molecule has 13 heteroatoms. The van der Waals surface area contributed by atoms with E-state index in [1.165, 1.54) is 36.4 Å². The first-order valence-electron chi connectivity index (χ1n) is 9.37. The minimum Gasteiger partial charge on any atom is -0.429 e. The number of non-ortho nitro benzene ring substituents is 1. The third-order valence-corrected chi connectivity index (χ3v) is 6.53. The third-order valence-electron chi connectivity index (χ3n) is 3.98. The molecule has 176 valence electrons. The summed E-state index contributed by atoms with van der Waals surface area (Å²) in [5, 5.41) is 14.0. The van der Waals surface area contributed by atoms with Gasteiger partial charge in [0.1, 0.15) is 5.75 Å². The normalized spacial score (nSPS) is 13.9. The van der Waals surface area contributed by atoms with Crippen molar-refractivity contribution in [1.29, 1.82) is 0 Å². The predicted molar refractivity (Wildman–Crippen MR) is 113 cm³/mol. The lowest BCUT2D eigenvalue weighted by molar-refractivity contribution is -0.384. The van der Waals surface area contributed by atoms with Gasteiger partial charge in [-0.25, -0.2) is 4.39 Å². The number of hydrogen-bond acceptors (Lipinski definition) is 7. The van der Waals surface area contributed by atoms with Crippen LogP contribution in [0.15, 0.2) is 48.5 Å². The molecule has 0 aliphatic heterocycles. The van der Waals surface area contributed by atoms with Crippen LogP contribution in [0, 0.1) is 10.1 Å². The number of rotatable bonds is 12. The number of alkyl halides is 4. The summed E-state index contributed by atoms with van der Waals surface area (Å²) in [7, 11) is -3.94. The zero-order chi connectivity index (χ0) is 23.9. The molecule has 0 saturated heterocycles. The molecular formula is C19H21ClF3N2O6P. The summed E-state index contributed by atoms with van der Waals surface area (Å²) in [5.74, 6) is -1.66. The Morgan fingerprint density at radius 3 is 2.34 bits per heavy atom.